The van der Waals surface area contributed by atoms with Gasteiger partial charge in [0.05, 0.1) is 0 Å². The van der Waals surface area contributed by atoms with Gasteiger partial charge >= 0.3 is 5.97 Å². The van der Waals surface area contributed by atoms with Crippen LogP contribution in [0.3, 0.4) is 0 Å². The molecule has 0 bridgehead atoms. The first kappa shape index (κ1) is 34.3. The van der Waals surface area contributed by atoms with Gasteiger partial charge in [-0.25, -0.2) is 0 Å². The summed E-state index contributed by atoms with van der Waals surface area (Å²) in [5.41, 5.74) is 0. The maximum atomic E-state index is 10.3. The number of carbonyl (C=O) groups is 1. The highest BCUT2D eigenvalue weighted by molar-refractivity contribution is 5.66. The van der Waals surface area contributed by atoms with Crippen LogP contribution in [-0.2, 0) is 4.79 Å². The van der Waals surface area contributed by atoms with Gasteiger partial charge in [-0.15, -0.1) is 0 Å². The fraction of sp³-hybridized carbons (Fsp3) is 0.900. The molecule has 198 valence electrons. The zero-order chi connectivity index (χ0) is 24.8. The molecule has 1 N–H and O–H groups in total. The molecule has 0 rings (SSSR count). The van der Waals surface area contributed by atoms with Crippen molar-refractivity contribution in [3.63, 3.8) is 0 Å². The summed E-state index contributed by atoms with van der Waals surface area (Å²) in [7, 11) is 0. The van der Waals surface area contributed by atoms with E-state index in [1.165, 1.54) is 129 Å². The quantitative estimate of drug-likeness (QED) is 0.113. The molecule has 3 heteroatoms. The molecule has 0 saturated carbocycles. The van der Waals surface area contributed by atoms with E-state index < -0.39 is 5.97 Å². The number of carboxylic acids is 1. The SMILES string of the molecule is CCCCCCCCC=CCCCCCCCC(=O)O.CCCCN(CCCC)CCCC. The molecule has 0 aromatic carbocycles. The zero-order valence-corrected chi connectivity index (χ0v) is 23.2. The number of carboxylic acid groups (broad SMARTS) is 1. The van der Waals surface area contributed by atoms with Crippen LogP contribution in [0.25, 0.3) is 0 Å². The van der Waals surface area contributed by atoms with E-state index in [2.05, 4.69) is 44.7 Å². The molecule has 33 heavy (non-hydrogen) atoms. The van der Waals surface area contributed by atoms with Gasteiger partial charge in [-0.1, -0.05) is 110 Å². The van der Waals surface area contributed by atoms with Crippen molar-refractivity contribution < 1.29 is 9.90 Å². The van der Waals surface area contributed by atoms with E-state index in [0.29, 0.717) is 6.42 Å². The van der Waals surface area contributed by atoms with Crippen LogP contribution in [0.1, 0.15) is 156 Å². The van der Waals surface area contributed by atoms with Crippen molar-refractivity contribution in [3.05, 3.63) is 12.2 Å². The highest BCUT2D eigenvalue weighted by Gasteiger charge is 2.02. The average molecular weight is 468 g/mol. The number of nitrogens with zero attached hydrogens (tertiary/aromatic N) is 1. The van der Waals surface area contributed by atoms with Gasteiger partial charge in [0.15, 0.2) is 0 Å². The molecule has 3 nitrogen and oxygen atoms in total. The van der Waals surface area contributed by atoms with Gasteiger partial charge in [0, 0.05) is 6.42 Å². The summed E-state index contributed by atoms with van der Waals surface area (Å²) in [6, 6.07) is 0. The molecular weight excluding hydrogens is 406 g/mol. The Kier molecular flexibility index (Phi) is 32.4. The van der Waals surface area contributed by atoms with E-state index >= 15 is 0 Å². The third-order valence-corrected chi connectivity index (χ3v) is 6.14. The summed E-state index contributed by atoms with van der Waals surface area (Å²) < 4.78 is 0. The van der Waals surface area contributed by atoms with E-state index in [9.17, 15) is 4.79 Å². The molecule has 0 aliphatic rings. The van der Waals surface area contributed by atoms with Crippen molar-refractivity contribution in [2.75, 3.05) is 19.6 Å². The predicted molar refractivity (Wildman–Crippen MR) is 148 cm³/mol. The molecule has 0 amide bonds. The maximum Gasteiger partial charge on any atom is 0.303 e. The van der Waals surface area contributed by atoms with Crippen LogP contribution in [0.15, 0.2) is 12.2 Å². The minimum absolute atomic E-state index is 0.332. The van der Waals surface area contributed by atoms with Gasteiger partial charge < -0.3 is 10.0 Å². The van der Waals surface area contributed by atoms with E-state index in [0.717, 1.165) is 12.8 Å². The fourth-order valence-electron chi connectivity index (χ4n) is 3.83. The number of rotatable bonds is 24. The number of aliphatic carboxylic acids is 1. The molecule has 0 aromatic rings. The Balaban J connectivity index is 0. The van der Waals surface area contributed by atoms with E-state index in [4.69, 9.17) is 5.11 Å². The van der Waals surface area contributed by atoms with Crippen molar-refractivity contribution in [2.24, 2.45) is 0 Å². The summed E-state index contributed by atoms with van der Waals surface area (Å²) in [6.45, 7) is 13.0. The molecule has 0 unspecified atom stereocenters. The smallest absolute Gasteiger partial charge is 0.303 e. The summed E-state index contributed by atoms with van der Waals surface area (Å²) in [4.78, 5) is 13.0. The summed E-state index contributed by atoms with van der Waals surface area (Å²) in [5, 5.41) is 8.51. The fourth-order valence-corrected chi connectivity index (χ4v) is 3.83. The maximum absolute atomic E-state index is 10.3. The predicted octanol–water partition coefficient (Wildman–Crippen LogP) is 9.80. The standard InChI is InChI=1S/C18H34O2.C12H27N/c1-2-3-4-5-6-7-8-9-10-11-12-13-14-15-16-17-18(19)20;1-4-7-10-13(11-8-5-2)12-9-6-3/h9-10H,2-8,11-17H2,1H3,(H,19,20);4-12H2,1-3H3. The van der Waals surface area contributed by atoms with Crippen LogP contribution in [0, 0.1) is 0 Å². The summed E-state index contributed by atoms with van der Waals surface area (Å²) in [5.74, 6) is -0.664. The third kappa shape index (κ3) is 33.4. The molecule has 0 fully saturated rings. The number of unbranched alkanes of at least 4 members (excludes halogenated alkanes) is 14. The first-order valence-electron chi connectivity index (χ1n) is 14.7. The number of allylic oxidation sites excluding steroid dienone is 2. The lowest BCUT2D eigenvalue weighted by atomic mass is 10.1. The summed E-state index contributed by atoms with van der Waals surface area (Å²) >= 11 is 0. The molecule has 0 heterocycles. The molecule has 0 saturated heterocycles. The van der Waals surface area contributed by atoms with E-state index in [-0.39, 0.29) is 0 Å². The number of hydrogen-bond donors (Lipinski definition) is 1. The van der Waals surface area contributed by atoms with E-state index in [1.54, 1.807) is 0 Å². The molecule has 0 aliphatic heterocycles. The molecular formula is C30H61NO2. The van der Waals surface area contributed by atoms with Crippen molar-refractivity contribution >= 4 is 5.97 Å². The molecule has 0 spiro atoms. The van der Waals surface area contributed by atoms with Gasteiger partial charge in [0.25, 0.3) is 0 Å². The summed E-state index contributed by atoms with van der Waals surface area (Å²) in [6.07, 6.45) is 29.3. The van der Waals surface area contributed by atoms with Gasteiger partial charge in [0.2, 0.25) is 0 Å². The van der Waals surface area contributed by atoms with Crippen LogP contribution >= 0.6 is 0 Å². The second kappa shape index (κ2) is 31.2. The van der Waals surface area contributed by atoms with Crippen LogP contribution in [-0.4, -0.2) is 35.6 Å². The normalized spacial score (nSPS) is 11.2. The molecule has 0 aliphatic carbocycles. The van der Waals surface area contributed by atoms with Crippen LogP contribution in [0.2, 0.25) is 0 Å². The van der Waals surface area contributed by atoms with Gasteiger partial charge in [-0.2, -0.15) is 0 Å². The van der Waals surface area contributed by atoms with Crippen LogP contribution in [0.5, 0.6) is 0 Å². The van der Waals surface area contributed by atoms with Crippen molar-refractivity contribution in [2.45, 2.75) is 156 Å². The highest BCUT2D eigenvalue weighted by atomic mass is 16.4. The van der Waals surface area contributed by atoms with Crippen LogP contribution in [0.4, 0.5) is 0 Å². The topological polar surface area (TPSA) is 40.5 Å². The Morgan fingerprint density at radius 2 is 0.909 bits per heavy atom. The number of hydrogen-bond acceptors (Lipinski definition) is 2. The molecule has 0 aromatic heterocycles. The molecule has 0 atom stereocenters. The van der Waals surface area contributed by atoms with Gasteiger partial charge in [0.1, 0.15) is 0 Å². The lowest BCUT2D eigenvalue weighted by Crippen LogP contribution is -2.27. The largest absolute Gasteiger partial charge is 0.481 e. The monoisotopic (exact) mass is 467 g/mol. The average Bonchev–Trinajstić information content (AvgIpc) is 2.81. The van der Waals surface area contributed by atoms with Gasteiger partial charge in [-0.05, 0) is 71.0 Å². The zero-order valence-electron chi connectivity index (χ0n) is 23.2. The highest BCUT2D eigenvalue weighted by Crippen LogP contribution is 2.10. The van der Waals surface area contributed by atoms with Crippen molar-refractivity contribution in [1.82, 2.24) is 4.90 Å². The first-order chi connectivity index (χ1) is 16.1. The second-order valence-corrected chi connectivity index (χ2v) is 9.63. The first-order valence-corrected chi connectivity index (χ1v) is 14.7. The Morgan fingerprint density at radius 3 is 1.30 bits per heavy atom. The Labute approximate surface area is 208 Å². The Morgan fingerprint density at radius 1 is 0.545 bits per heavy atom. The van der Waals surface area contributed by atoms with Crippen molar-refractivity contribution in [1.29, 1.82) is 0 Å². The lowest BCUT2D eigenvalue weighted by Gasteiger charge is -2.21. The molecule has 0 radical (unpaired) electrons. The third-order valence-electron chi connectivity index (χ3n) is 6.14. The van der Waals surface area contributed by atoms with Crippen LogP contribution < -0.4 is 0 Å². The Bertz CT molecular complexity index is 376. The lowest BCUT2D eigenvalue weighted by molar-refractivity contribution is -0.137. The minimum Gasteiger partial charge on any atom is -0.481 e. The Hall–Kier alpha value is -0.830. The minimum atomic E-state index is -0.664. The van der Waals surface area contributed by atoms with Gasteiger partial charge in [-0.3, -0.25) is 4.79 Å². The van der Waals surface area contributed by atoms with E-state index in [1.807, 2.05) is 0 Å². The second-order valence-electron chi connectivity index (χ2n) is 9.63. The van der Waals surface area contributed by atoms with Crippen molar-refractivity contribution in [3.8, 4) is 0 Å².